The van der Waals surface area contributed by atoms with Crippen LogP contribution in [0.2, 0.25) is 0 Å². The van der Waals surface area contributed by atoms with E-state index in [2.05, 4.69) is 0 Å². The van der Waals surface area contributed by atoms with Gasteiger partial charge in [-0.25, -0.2) is 8.42 Å². The van der Waals surface area contributed by atoms with Gasteiger partial charge in [0.25, 0.3) is 5.69 Å². The predicted molar refractivity (Wildman–Crippen MR) is 99.2 cm³/mol. The molecule has 0 unspecified atom stereocenters. The molecule has 1 fully saturated rings. The van der Waals surface area contributed by atoms with Crippen LogP contribution in [-0.4, -0.2) is 50.9 Å². The normalized spacial score (nSPS) is 16.2. The Bertz CT molecular complexity index is 890. The maximum Gasteiger partial charge on any atom is 0.269 e. The van der Waals surface area contributed by atoms with Crippen LogP contribution >= 0.6 is 0 Å². The van der Waals surface area contributed by atoms with Gasteiger partial charge in [-0.15, -0.1) is 0 Å². The fourth-order valence-electron chi connectivity index (χ4n) is 3.14. The number of nitro benzene ring substituents is 1. The van der Waals surface area contributed by atoms with Crippen LogP contribution in [0.4, 0.5) is 5.69 Å². The monoisotopic (exact) mass is 392 g/mol. The lowest BCUT2D eigenvalue weighted by Gasteiger charge is -2.31. The summed E-state index contributed by atoms with van der Waals surface area (Å²) in [5.41, 5.74) is 1.06. The van der Waals surface area contributed by atoms with Gasteiger partial charge >= 0.3 is 0 Å². The predicted octanol–water partition coefficient (Wildman–Crippen LogP) is 0.693. The SMILES string of the molecule is COc1ccc(C[NH+]2CCN(S(=O)(=O)c3ccc([N+](=O)[O-])cc3)CC2)cc1. The summed E-state index contributed by atoms with van der Waals surface area (Å²) in [5, 5.41) is 10.7. The van der Waals surface area contributed by atoms with Crippen molar-refractivity contribution in [2.75, 3.05) is 33.3 Å². The van der Waals surface area contributed by atoms with Gasteiger partial charge in [-0.3, -0.25) is 10.1 Å². The number of sulfonamides is 1. The molecule has 0 amide bonds. The number of non-ortho nitro benzene ring substituents is 1. The summed E-state index contributed by atoms with van der Waals surface area (Å²) < 4.78 is 32.1. The van der Waals surface area contributed by atoms with Crippen LogP contribution in [0, 0.1) is 10.1 Å². The van der Waals surface area contributed by atoms with E-state index in [9.17, 15) is 18.5 Å². The summed E-state index contributed by atoms with van der Waals surface area (Å²) in [6, 6.07) is 12.9. The maximum absolute atomic E-state index is 12.7. The molecule has 0 atom stereocenters. The van der Waals surface area contributed by atoms with E-state index >= 15 is 0 Å². The first-order valence-corrected chi connectivity index (χ1v) is 10.1. The zero-order valence-electron chi connectivity index (χ0n) is 15.0. The molecule has 0 saturated carbocycles. The Kier molecular flexibility index (Phi) is 5.73. The molecule has 0 aliphatic carbocycles. The second-order valence-electron chi connectivity index (χ2n) is 6.43. The highest BCUT2D eigenvalue weighted by Gasteiger charge is 2.30. The molecule has 27 heavy (non-hydrogen) atoms. The number of nitrogens with one attached hydrogen (secondary N) is 1. The standard InChI is InChI=1S/C18H21N3O5S/c1-26-17-6-2-15(3-7-17)14-19-10-12-20(13-11-19)27(24,25)18-8-4-16(5-9-18)21(22)23/h2-9H,10-14H2,1H3/p+1. The Morgan fingerprint density at radius 1 is 1.07 bits per heavy atom. The summed E-state index contributed by atoms with van der Waals surface area (Å²) in [5.74, 6) is 0.813. The van der Waals surface area contributed by atoms with Crippen molar-refractivity contribution in [2.24, 2.45) is 0 Å². The van der Waals surface area contributed by atoms with Gasteiger partial charge in [-0.05, 0) is 36.4 Å². The number of benzene rings is 2. The molecule has 0 radical (unpaired) electrons. The minimum Gasteiger partial charge on any atom is -0.497 e. The first-order chi connectivity index (χ1) is 12.9. The van der Waals surface area contributed by atoms with Crippen molar-refractivity contribution >= 4 is 15.7 Å². The number of ether oxygens (including phenoxy) is 1. The smallest absolute Gasteiger partial charge is 0.269 e. The van der Waals surface area contributed by atoms with Gasteiger partial charge in [-0.2, -0.15) is 4.31 Å². The molecule has 9 heteroatoms. The van der Waals surface area contributed by atoms with Gasteiger partial charge in [0.15, 0.2) is 0 Å². The van der Waals surface area contributed by atoms with Crippen LogP contribution in [0.5, 0.6) is 5.75 Å². The fraction of sp³-hybridized carbons (Fsp3) is 0.333. The topological polar surface area (TPSA) is 94.2 Å². The van der Waals surface area contributed by atoms with Crippen molar-refractivity contribution in [2.45, 2.75) is 11.4 Å². The van der Waals surface area contributed by atoms with Crippen LogP contribution in [0.1, 0.15) is 5.56 Å². The Hall–Kier alpha value is -2.49. The highest BCUT2D eigenvalue weighted by Crippen LogP contribution is 2.19. The molecule has 8 nitrogen and oxygen atoms in total. The molecule has 2 aromatic carbocycles. The number of rotatable bonds is 6. The molecule has 3 rings (SSSR count). The lowest BCUT2D eigenvalue weighted by Crippen LogP contribution is -3.13. The first kappa shape index (κ1) is 19.3. The Balaban J connectivity index is 1.61. The summed E-state index contributed by atoms with van der Waals surface area (Å²) in [6.45, 7) is 3.08. The van der Waals surface area contributed by atoms with E-state index in [0.29, 0.717) is 26.2 Å². The van der Waals surface area contributed by atoms with Gasteiger partial charge in [0.2, 0.25) is 10.0 Å². The number of quaternary nitrogens is 1. The van der Waals surface area contributed by atoms with E-state index < -0.39 is 14.9 Å². The molecular weight excluding hydrogens is 370 g/mol. The quantitative estimate of drug-likeness (QED) is 0.577. The molecule has 1 aliphatic rings. The van der Waals surface area contributed by atoms with Crippen LogP contribution in [0.3, 0.4) is 0 Å². The highest BCUT2D eigenvalue weighted by atomic mass is 32.2. The van der Waals surface area contributed by atoms with Crippen LogP contribution < -0.4 is 9.64 Å². The van der Waals surface area contributed by atoms with Crippen molar-refractivity contribution < 1.29 is 23.0 Å². The largest absolute Gasteiger partial charge is 0.497 e. The van der Waals surface area contributed by atoms with Gasteiger partial charge in [0.05, 0.1) is 43.1 Å². The van der Waals surface area contributed by atoms with E-state index in [1.807, 2.05) is 24.3 Å². The average molecular weight is 392 g/mol. The van der Waals surface area contributed by atoms with Crippen molar-refractivity contribution in [3.05, 3.63) is 64.2 Å². The van der Waals surface area contributed by atoms with Crippen molar-refractivity contribution in [3.8, 4) is 5.75 Å². The molecule has 1 saturated heterocycles. The minimum atomic E-state index is -3.63. The second kappa shape index (κ2) is 8.03. The number of hydrogen-bond donors (Lipinski definition) is 1. The average Bonchev–Trinajstić information content (AvgIpc) is 2.69. The lowest BCUT2D eigenvalue weighted by molar-refractivity contribution is -0.917. The van der Waals surface area contributed by atoms with Crippen LogP contribution in [0.15, 0.2) is 53.4 Å². The van der Waals surface area contributed by atoms with Gasteiger partial charge in [0, 0.05) is 17.7 Å². The molecule has 1 heterocycles. The zero-order chi connectivity index (χ0) is 19.4. The lowest BCUT2D eigenvalue weighted by atomic mass is 10.2. The molecular formula is C18H22N3O5S+. The van der Waals surface area contributed by atoms with E-state index in [-0.39, 0.29) is 10.6 Å². The first-order valence-electron chi connectivity index (χ1n) is 8.61. The highest BCUT2D eigenvalue weighted by molar-refractivity contribution is 7.89. The van der Waals surface area contributed by atoms with Crippen molar-refractivity contribution in [1.29, 1.82) is 0 Å². The van der Waals surface area contributed by atoms with Gasteiger partial charge < -0.3 is 9.64 Å². The number of piperazine rings is 1. The van der Waals surface area contributed by atoms with Crippen LogP contribution in [-0.2, 0) is 16.6 Å². The molecule has 1 aliphatic heterocycles. The van der Waals surface area contributed by atoms with Crippen molar-refractivity contribution in [1.82, 2.24) is 4.31 Å². The zero-order valence-corrected chi connectivity index (χ0v) is 15.8. The van der Waals surface area contributed by atoms with Crippen LogP contribution in [0.25, 0.3) is 0 Å². The minimum absolute atomic E-state index is 0.0895. The number of nitrogens with zero attached hydrogens (tertiary/aromatic N) is 2. The number of nitro groups is 1. The maximum atomic E-state index is 12.7. The Morgan fingerprint density at radius 3 is 2.19 bits per heavy atom. The molecule has 1 N–H and O–H groups in total. The Morgan fingerprint density at radius 2 is 1.67 bits per heavy atom. The van der Waals surface area contributed by atoms with Gasteiger partial charge in [-0.1, -0.05) is 0 Å². The fourth-order valence-corrected chi connectivity index (χ4v) is 4.58. The van der Waals surface area contributed by atoms with E-state index in [0.717, 1.165) is 12.3 Å². The van der Waals surface area contributed by atoms with E-state index in [1.54, 1.807) is 7.11 Å². The number of hydrogen-bond acceptors (Lipinski definition) is 5. The molecule has 144 valence electrons. The second-order valence-corrected chi connectivity index (χ2v) is 8.37. The van der Waals surface area contributed by atoms with Gasteiger partial charge in [0.1, 0.15) is 12.3 Å². The van der Waals surface area contributed by atoms with E-state index in [1.165, 1.54) is 39.0 Å². The third-order valence-corrected chi connectivity index (χ3v) is 6.64. The van der Waals surface area contributed by atoms with E-state index in [4.69, 9.17) is 4.74 Å². The molecule has 0 aromatic heterocycles. The summed E-state index contributed by atoms with van der Waals surface area (Å²) in [4.78, 5) is 11.6. The third-order valence-electron chi connectivity index (χ3n) is 4.73. The summed E-state index contributed by atoms with van der Waals surface area (Å²) in [6.07, 6.45) is 0. The molecule has 2 aromatic rings. The molecule has 0 bridgehead atoms. The summed E-state index contributed by atoms with van der Waals surface area (Å²) in [7, 11) is -2.00. The Labute approximate surface area is 158 Å². The molecule has 0 spiro atoms. The number of methoxy groups -OCH3 is 1. The summed E-state index contributed by atoms with van der Waals surface area (Å²) >= 11 is 0. The van der Waals surface area contributed by atoms with Crippen molar-refractivity contribution in [3.63, 3.8) is 0 Å². The third kappa shape index (κ3) is 4.44.